The Morgan fingerprint density at radius 1 is 1.16 bits per heavy atom. The molecule has 0 radical (unpaired) electrons. The highest BCUT2D eigenvalue weighted by molar-refractivity contribution is 7.21. The van der Waals surface area contributed by atoms with Crippen molar-refractivity contribution < 1.29 is 35.9 Å². The van der Waals surface area contributed by atoms with Gasteiger partial charge in [0.1, 0.15) is 26.1 Å². The highest BCUT2D eigenvalue weighted by Crippen LogP contribution is 2.45. The van der Waals surface area contributed by atoms with Gasteiger partial charge in [0.05, 0.1) is 11.9 Å². The van der Waals surface area contributed by atoms with Gasteiger partial charge in [0.2, 0.25) is 0 Å². The molecule has 4 aromatic heterocycles. The summed E-state index contributed by atoms with van der Waals surface area (Å²) in [6.07, 6.45) is -8.52. The largest absolute Gasteiger partial charge is 0.436 e. The summed E-state index contributed by atoms with van der Waals surface area (Å²) in [6.45, 7) is 3.77. The maximum Gasteiger partial charge on any atom is 0.436 e. The summed E-state index contributed by atoms with van der Waals surface area (Å²) in [5.41, 5.74) is 2.25. The number of rotatable bonds is 5. The normalized spacial score (nSPS) is 12.4. The summed E-state index contributed by atoms with van der Waals surface area (Å²) in [7, 11) is 1.04. The molecule has 0 aromatic carbocycles. The molecule has 0 bridgehead atoms. The number of nitrogens with one attached hydrogen (secondary N) is 1. The fourth-order valence-electron chi connectivity index (χ4n) is 3.88. The van der Waals surface area contributed by atoms with Crippen LogP contribution in [-0.2, 0) is 25.9 Å². The van der Waals surface area contributed by atoms with Gasteiger partial charge in [-0.1, -0.05) is 11.6 Å². The molecule has 202 valence electrons. The number of aryl methyl sites for hydroxylation is 2. The maximum atomic E-state index is 13.7. The second-order valence-corrected chi connectivity index (χ2v) is 9.33. The minimum atomic E-state index is -4.97. The second-order valence-electron chi connectivity index (χ2n) is 7.95. The molecule has 38 heavy (non-hydrogen) atoms. The number of amides is 2. The Labute approximate surface area is 218 Å². The van der Waals surface area contributed by atoms with Gasteiger partial charge in [-0.3, -0.25) is 19.0 Å². The lowest BCUT2D eigenvalue weighted by atomic mass is 10.0. The predicted molar refractivity (Wildman–Crippen MR) is 126 cm³/mol. The van der Waals surface area contributed by atoms with Crippen molar-refractivity contribution in [1.82, 2.24) is 24.5 Å². The molecular weight excluding hydrogens is 564 g/mol. The number of hydrogen-bond acceptors (Lipinski definition) is 6. The molecule has 0 aliphatic rings. The molecule has 4 aromatic rings. The van der Waals surface area contributed by atoms with E-state index in [0.29, 0.717) is 28.3 Å². The average Bonchev–Trinajstić information content (AvgIpc) is 3.45. The van der Waals surface area contributed by atoms with Gasteiger partial charge in [0.25, 0.3) is 11.8 Å². The van der Waals surface area contributed by atoms with Crippen LogP contribution in [0.3, 0.4) is 0 Å². The lowest BCUT2D eigenvalue weighted by Crippen LogP contribution is -2.19. The molecule has 4 heterocycles. The van der Waals surface area contributed by atoms with E-state index in [1.807, 2.05) is 0 Å². The van der Waals surface area contributed by atoms with Crippen LogP contribution in [0.5, 0.6) is 0 Å². The number of fused-ring (bicyclic) bond motifs is 1. The van der Waals surface area contributed by atoms with Crippen molar-refractivity contribution in [3.05, 3.63) is 44.9 Å². The van der Waals surface area contributed by atoms with E-state index in [4.69, 9.17) is 17.3 Å². The number of anilines is 1. The van der Waals surface area contributed by atoms with Gasteiger partial charge in [-0.2, -0.15) is 36.5 Å². The molecule has 0 fully saturated rings. The van der Waals surface area contributed by atoms with Gasteiger partial charge in [0.15, 0.2) is 5.69 Å². The van der Waals surface area contributed by atoms with Crippen LogP contribution in [0.4, 0.5) is 32.0 Å². The molecule has 0 unspecified atom stereocenters. The molecule has 3 N–H and O–H groups in total. The summed E-state index contributed by atoms with van der Waals surface area (Å²) in [4.78, 5) is 28.3. The van der Waals surface area contributed by atoms with Crippen molar-refractivity contribution >= 4 is 50.7 Å². The molecule has 0 spiro atoms. The quantitative estimate of drug-likeness (QED) is 0.312. The number of thiophene rings is 1. The number of carbonyl (C=O) groups is 2. The van der Waals surface area contributed by atoms with Gasteiger partial charge in [-0.15, -0.1) is 11.3 Å². The number of carbonyl (C=O) groups excluding carboxylic acids is 2. The Hall–Kier alpha value is -3.66. The van der Waals surface area contributed by atoms with Gasteiger partial charge in [0, 0.05) is 30.2 Å². The number of nitrogens with zero attached hydrogens (tertiary/aromatic N) is 5. The van der Waals surface area contributed by atoms with Crippen LogP contribution >= 0.6 is 22.9 Å². The van der Waals surface area contributed by atoms with Gasteiger partial charge in [-0.05, 0) is 25.5 Å². The molecule has 0 atom stereocenters. The van der Waals surface area contributed by atoms with Crippen molar-refractivity contribution in [3.63, 3.8) is 0 Å². The Balaban J connectivity index is 1.99. The van der Waals surface area contributed by atoms with E-state index in [2.05, 4.69) is 20.5 Å². The smallest absolute Gasteiger partial charge is 0.365 e. The summed E-state index contributed by atoms with van der Waals surface area (Å²) >= 11 is 6.29. The molecule has 0 aliphatic heterocycles. The van der Waals surface area contributed by atoms with Crippen LogP contribution in [0.2, 0.25) is 5.02 Å². The highest BCUT2D eigenvalue weighted by atomic mass is 35.5. The third-order valence-corrected chi connectivity index (χ3v) is 7.04. The van der Waals surface area contributed by atoms with Gasteiger partial charge >= 0.3 is 12.4 Å². The van der Waals surface area contributed by atoms with Gasteiger partial charge in [-0.25, -0.2) is 4.98 Å². The second kappa shape index (κ2) is 9.27. The number of aromatic nitrogens is 5. The van der Waals surface area contributed by atoms with Crippen LogP contribution in [0.1, 0.15) is 44.2 Å². The van der Waals surface area contributed by atoms with E-state index in [9.17, 15) is 35.9 Å². The Bertz CT molecular complexity index is 1600. The third-order valence-electron chi connectivity index (χ3n) is 5.58. The topological polar surface area (TPSA) is 121 Å². The standard InChI is InChI=1S/C21H16ClF6N7O2S/c1-4-35-7(2)9(6-30-35)8-5-10(20(23,24)25)31-19-11(8)13(15(38-19)17(29)36)32-18(37)14-12(22)16(21(26,27)28)33-34(14)3/h5-6H,4H2,1-3H3,(H2,29,36)(H,32,37). The number of nitrogens with two attached hydrogens (primary N) is 1. The Morgan fingerprint density at radius 2 is 1.82 bits per heavy atom. The zero-order valence-electron chi connectivity index (χ0n) is 19.5. The number of pyridine rings is 1. The molecular formula is C21H16ClF6N7O2S. The zero-order valence-corrected chi connectivity index (χ0v) is 21.1. The zero-order chi connectivity index (χ0) is 28.3. The summed E-state index contributed by atoms with van der Waals surface area (Å²) < 4.78 is 83.0. The molecule has 0 saturated heterocycles. The van der Waals surface area contributed by atoms with Crippen LogP contribution in [0.25, 0.3) is 21.3 Å². The first kappa shape index (κ1) is 27.4. The minimum Gasteiger partial charge on any atom is -0.365 e. The summed E-state index contributed by atoms with van der Waals surface area (Å²) in [6, 6.07) is 0.734. The van der Waals surface area contributed by atoms with Crippen molar-refractivity contribution in [2.75, 3.05) is 5.32 Å². The third kappa shape index (κ3) is 4.57. The van der Waals surface area contributed by atoms with Crippen molar-refractivity contribution in [3.8, 4) is 11.1 Å². The van der Waals surface area contributed by atoms with Crippen LogP contribution in [0.15, 0.2) is 12.3 Å². The molecule has 0 aliphatic carbocycles. The van der Waals surface area contributed by atoms with Gasteiger partial charge < -0.3 is 11.1 Å². The molecule has 2 amide bonds. The Kier molecular flexibility index (Phi) is 6.68. The molecule has 4 rings (SSSR count). The van der Waals surface area contributed by atoms with Crippen LogP contribution in [0, 0.1) is 6.92 Å². The minimum absolute atomic E-state index is 0.0781. The summed E-state index contributed by atoms with van der Waals surface area (Å²) in [5.74, 6) is -2.33. The first-order valence-electron chi connectivity index (χ1n) is 10.5. The van der Waals surface area contributed by atoms with E-state index in [1.165, 1.54) is 10.9 Å². The lowest BCUT2D eigenvalue weighted by Gasteiger charge is -2.12. The van der Waals surface area contributed by atoms with E-state index < -0.39 is 46.3 Å². The fourth-order valence-corrected chi connectivity index (χ4v) is 5.24. The van der Waals surface area contributed by atoms with E-state index >= 15 is 0 Å². The number of primary amides is 1. The molecule has 0 saturated carbocycles. The van der Waals surface area contributed by atoms with Crippen molar-refractivity contribution in [2.24, 2.45) is 12.8 Å². The molecule has 17 heteroatoms. The first-order chi connectivity index (χ1) is 17.6. The monoisotopic (exact) mass is 579 g/mol. The Morgan fingerprint density at radius 3 is 2.32 bits per heavy atom. The average molecular weight is 580 g/mol. The number of halogens is 7. The molecule has 9 nitrogen and oxygen atoms in total. The number of hydrogen-bond donors (Lipinski definition) is 2. The van der Waals surface area contributed by atoms with E-state index in [0.717, 1.165) is 13.1 Å². The highest BCUT2D eigenvalue weighted by Gasteiger charge is 2.40. The fraction of sp³-hybridized carbons (Fsp3) is 0.286. The van der Waals surface area contributed by atoms with Crippen molar-refractivity contribution in [1.29, 1.82) is 0 Å². The van der Waals surface area contributed by atoms with E-state index in [-0.39, 0.29) is 31.9 Å². The van der Waals surface area contributed by atoms with E-state index in [1.54, 1.807) is 13.8 Å². The first-order valence-corrected chi connectivity index (χ1v) is 11.7. The SMILES string of the molecule is CCn1ncc(-c2cc(C(F)(F)F)nc3sc(C(N)=O)c(NC(=O)c4c(Cl)c(C(F)(F)F)nn4C)c23)c1C. The summed E-state index contributed by atoms with van der Waals surface area (Å²) in [5, 5.41) is 8.59. The maximum absolute atomic E-state index is 13.7. The van der Waals surface area contributed by atoms with Crippen LogP contribution < -0.4 is 11.1 Å². The lowest BCUT2D eigenvalue weighted by molar-refractivity contribution is -0.141. The van der Waals surface area contributed by atoms with Crippen LogP contribution in [-0.4, -0.2) is 36.4 Å². The number of alkyl halides is 6. The van der Waals surface area contributed by atoms with Crippen molar-refractivity contribution in [2.45, 2.75) is 32.7 Å². The predicted octanol–water partition coefficient (Wildman–Crippen LogP) is 5.26.